The first kappa shape index (κ1) is 15.7. The number of nitrogens with one attached hydrogen (secondary N) is 1. The van der Waals surface area contributed by atoms with Crippen molar-refractivity contribution in [1.29, 1.82) is 0 Å². The van der Waals surface area contributed by atoms with Gasteiger partial charge < -0.3 is 10.4 Å². The van der Waals surface area contributed by atoms with Gasteiger partial charge in [-0.1, -0.05) is 44.2 Å². The Morgan fingerprint density at radius 2 is 1.67 bits per heavy atom. The van der Waals surface area contributed by atoms with Crippen molar-refractivity contribution < 1.29 is 5.11 Å². The molecule has 0 saturated heterocycles. The summed E-state index contributed by atoms with van der Waals surface area (Å²) in [5.41, 5.74) is 2.51. The molecular weight excluding hydrogens is 260 g/mol. The maximum absolute atomic E-state index is 9.17. The van der Waals surface area contributed by atoms with E-state index in [9.17, 15) is 0 Å². The van der Waals surface area contributed by atoms with Crippen molar-refractivity contribution in [3.8, 4) is 0 Å². The lowest BCUT2D eigenvalue weighted by atomic mass is 9.88. The van der Waals surface area contributed by atoms with Crippen molar-refractivity contribution in [1.82, 2.24) is 10.3 Å². The van der Waals surface area contributed by atoms with E-state index in [1.54, 1.807) is 0 Å². The van der Waals surface area contributed by atoms with Gasteiger partial charge in [0.15, 0.2) is 0 Å². The van der Waals surface area contributed by atoms with Crippen molar-refractivity contribution in [2.45, 2.75) is 26.3 Å². The molecule has 0 saturated carbocycles. The quantitative estimate of drug-likeness (QED) is 0.821. The minimum Gasteiger partial charge on any atom is -0.396 e. The van der Waals surface area contributed by atoms with Gasteiger partial charge >= 0.3 is 0 Å². The summed E-state index contributed by atoms with van der Waals surface area (Å²) >= 11 is 0. The van der Waals surface area contributed by atoms with Gasteiger partial charge in [-0.25, -0.2) is 0 Å². The third-order valence-electron chi connectivity index (χ3n) is 3.75. The molecule has 0 radical (unpaired) electrons. The van der Waals surface area contributed by atoms with E-state index in [0.717, 1.165) is 13.0 Å². The molecule has 1 aromatic heterocycles. The predicted molar refractivity (Wildman–Crippen MR) is 86.0 cm³/mol. The molecule has 0 aliphatic carbocycles. The molecule has 2 N–H and O–H groups in total. The average Bonchev–Trinajstić information content (AvgIpc) is 2.49. The first-order valence-electron chi connectivity index (χ1n) is 7.41. The van der Waals surface area contributed by atoms with E-state index < -0.39 is 0 Å². The topological polar surface area (TPSA) is 45.1 Å². The molecule has 21 heavy (non-hydrogen) atoms. The Balaban J connectivity index is 2.18. The summed E-state index contributed by atoms with van der Waals surface area (Å²) in [6, 6.07) is 14.7. The summed E-state index contributed by atoms with van der Waals surface area (Å²) in [6.07, 6.45) is 4.44. The molecule has 0 aliphatic rings. The van der Waals surface area contributed by atoms with Gasteiger partial charge in [0.2, 0.25) is 0 Å². The first-order chi connectivity index (χ1) is 10.1. The highest BCUT2D eigenvalue weighted by Gasteiger charge is 2.20. The van der Waals surface area contributed by atoms with Crippen molar-refractivity contribution in [3.05, 3.63) is 66.0 Å². The molecular formula is C18H24N2O. The van der Waals surface area contributed by atoms with Crippen LogP contribution in [0.4, 0.5) is 0 Å². The number of hydrogen-bond donors (Lipinski definition) is 2. The van der Waals surface area contributed by atoms with Crippen LogP contribution in [0.25, 0.3) is 0 Å². The van der Waals surface area contributed by atoms with Gasteiger partial charge in [-0.15, -0.1) is 0 Å². The maximum Gasteiger partial charge on any atom is 0.0578 e. The Hall–Kier alpha value is -1.71. The number of hydrogen-bond acceptors (Lipinski definition) is 3. The molecule has 1 heterocycles. The number of benzene rings is 1. The van der Waals surface area contributed by atoms with E-state index in [0.29, 0.717) is 0 Å². The van der Waals surface area contributed by atoms with Gasteiger partial charge in [-0.2, -0.15) is 0 Å². The largest absolute Gasteiger partial charge is 0.396 e. The minimum atomic E-state index is 0.0643. The van der Waals surface area contributed by atoms with Crippen LogP contribution < -0.4 is 5.32 Å². The van der Waals surface area contributed by atoms with Crippen LogP contribution in [-0.4, -0.2) is 23.2 Å². The lowest BCUT2D eigenvalue weighted by Gasteiger charge is -2.28. The lowest BCUT2D eigenvalue weighted by molar-refractivity contribution is 0.205. The van der Waals surface area contributed by atoms with Crippen LogP contribution in [0.5, 0.6) is 0 Å². The van der Waals surface area contributed by atoms with Crippen molar-refractivity contribution >= 4 is 0 Å². The molecule has 3 nitrogen and oxygen atoms in total. The summed E-state index contributed by atoms with van der Waals surface area (Å²) in [4.78, 5) is 4.10. The van der Waals surface area contributed by atoms with E-state index in [1.165, 1.54) is 11.1 Å². The van der Waals surface area contributed by atoms with Crippen molar-refractivity contribution in [2.24, 2.45) is 5.41 Å². The summed E-state index contributed by atoms with van der Waals surface area (Å²) < 4.78 is 0. The molecule has 112 valence electrons. The standard InChI is InChI=1S/C18H24N2O/c1-18(2,10-13-21)14-20-17(15-6-4-3-5-7-15)16-8-11-19-12-9-16/h3-9,11-12,17,20-21H,10,13-14H2,1-2H3. The zero-order valence-electron chi connectivity index (χ0n) is 12.8. The molecule has 0 bridgehead atoms. The van der Waals surface area contributed by atoms with Gasteiger partial charge in [0.05, 0.1) is 6.04 Å². The van der Waals surface area contributed by atoms with Crippen LogP contribution in [0.15, 0.2) is 54.9 Å². The van der Waals surface area contributed by atoms with E-state index in [-0.39, 0.29) is 18.1 Å². The summed E-state index contributed by atoms with van der Waals surface area (Å²) in [5.74, 6) is 0. The van der Waals surface area contributed by atoms with Gasteiger partial charge in [-0.3, -0.25) is 4.98 Å². The van der Waals surface area contributed by atoms with Gasteiger partial charge in [0.1, 0.15) is 0 Å². The Kier molecular flexibility index (Phi) is 5.48. The Bertz CT molecular complexity index is 486. The van der Waals surface area contributed by atoms with Crippen molar-refractivity contribution in [3.63, 3.8) is 0 Å². The molecule has 1 atom stereocenters. The van der Waals surface area contributed by atoms with Gasteiger partial charge in [0, 0.05) is 25.5 Å². The minimum absolute atomic E-state index is 0.0643. The fraction of sp³-hybridized carbons (Fsp3) is 0.389. The van der Waals surface area contributed by atoms with E-state index in [1.807, 2.05) is 30.6 Å². The number of aliphatic hydroxyl groups is 1. The molecule has 0 amide bonds. The highest BCUT2D eigenvalue weighted by Crippen LogP contribution is 2.25. The number of pyridine rings is 1. The Morgan fingerprint density at radius 3 is 2.29 bits per heavy atom. The highest BCUT2D eigenvalue weighted by atomic mass is 16.3. The summed E-state index contributed by atoms with van der Waals surface area (Å²) in [5, 5.41) is 12.8. The monoisotopic (exact) mass is 284 g/mol. The molecule has 1 unspecified atom stereocenters. The first-order valence-corrected chi connectivity index (χ1v) is 7.41. The van der Waals surface area contributed by atoms with E-state index >= 15 is 0 Å². The second-order valence-corrected chi connectivity index (χ2v) is 6.14. The van der Waals surface area contributed by atoms with Crippen LogP contribution in [-0.2, 0) is 0 Å². The van der Waals surface area contributed by atoms with E-state index in [2.05, 4.69) is 48.4 Å². The Labute approximate surface area is 127 Å². The molecule has 0 spiro atoms. The average molecular weight is 284 g/mol. The van der Waals surface area contributed by atoms with Crippen LogP contribution in [0.3, 0.4) is 0 Å². The van der Waals surface area contributed by atoms with Crippen molar-refractivity contribution in [2.75, 3.05) is 13.2 Å². The van der Waals surface area contributed by atoms with Crippen LogP contribution in [0.2, 0.25) is 0 Å². The lowest BCUT2D eigenvalue weighted by Crippen LogP contribution is -2.33. The predicted octanol–water partition coefficient (Wildman–Crippen LogP) is 3.17. The second kappa shape index (κ2) is 7.34. The third kappa shape index (κ3) is 4.66. The second-order valence-electron chi connectivity index (χ2n) is 6.14. The molecule has 1 aromatic carbocycles. The van der Waals surface area contributed by atoms with Crippen LogP contribution in [0.1, 0.15) is 37.4 Å². The van der Waals surface area contributed by atoms with E-state index in [4.69, 9.17) is 5.11 Å². The zero-order chi connectivity index (χ0) is 15.1. The van der Waals surface area contributed by atoms with Gasteiger partial charge in [0.25, 0.3) is 0 Å². The highest BCUT2D eigenvalue weighted by molar-refractivity contribution is 5.30. The normalized spacial score (nSPS) is 13.1. The molecule has 0 aliphatic heterocycles. The summed E-state index contributed by atoms with van der Waals surface area (Å²) in [6.45, 7) is 5.41. The molecule has 0 fully saturated rings. The third-order valence-corrected chi connectivity index (χ3v) is 3.75. The smallest absolute Gasteiger partial charge is 0.0578 e. The number of nitrogens with zero attached hydrogens (tertiary/aromatic N) is 1. The maximum atomic E-state index is 9.17. The number of aromatic nitrogens is 1. The van der Waals surface area contributed by atoms with Crippen LogP contribution in [0, 0.1) is 5.41 Å². The molecule has 2 rings (SSSR count). The zero-order valence-corrected chi connectivity index (χ0v) is 12.8. The molecule has 2 aromatic rings. The number of aliphatic hydroxyl groups excluding tert-OH is 1. The van der Waals surface area contributed by atoms with Crippen LogP contribution >= 0.6 is 0 Å². The fourth-order valence-electron chi connectivity index (χ4n) is 2.40. The number of rotatable bonds is 7. The Morgan fingerprint density at radius 1 is 1.05 bits per heavy atom. The summed E-state index contributed by atoms with van der Waals surface area (Å²) in [7, 11) is 0. The van der Waals surface area contributed by atoms with Gasteiger partial charge in [-0.05, 0) is 35.1 Å². The molecule has 3 heteroatoms. The SMILES string of the molecule is CC(C)(CCO)CNC(c1ccccc1)c1ccncc1. The fourth-order valence-corrected chi connectivity index (χ4v) is 2.40.